The minimum atomic E-state index is -3.78. The Balaban J connectivity index is 1.33. The molecule has 0 radical (unpaired) electrons. The maximum absolute atomic E-state index is 13.4. The molecule has 1 aliphatic rings. The van der Waals surface area contributed by atoms with Crippen molar-refractivity contribution in [2.24, 2.45) is 0 Å². The Morgan fingerprint density at radius 3 is 2.22 bits per heavy atom. The SMILES string of the molecule is CC1CN(S(=O)(=O)c2cc3cc(Cl)ccc3[nH]2)CC(C)N1C(=O)c1ccc(-c2cc[n+]([O-])cc2)cc1. The number of hydrogen-bond donors (Lipinski definition) is 1. The molecule has 1 saturated heterocycles. The fourth-order valence-electron chi connectivity index (χ4n) is 4.79. The van der Waals surface area contributed by atoms with Crippen LogP contribution in [0.1, 0.15) is 24.2 Å². The largest absolute Gasteiger partial charge is 0.619 e. The van der Waals surface area contributed by atoms with E-state index in [1.165, 1.54) is 16.7 Å². The minimum absolute atomic E-state index is 0.109. The lowest BCUT2D eigenvalue weighted by atomic mass is 10.0. The van der Waals surface area contributed by atoms with E-state index in [9.17, 15) is 18.4 Å². The second kappa shape index (κ2) is 9.24. The van der Waals surface area contributed by atoms with Crippen molar-refractivity contribution in [1.82, 2.24) is 14.2 Å². The number of rotatable bonds is 4. The van der Waals surface area contributed by atoms with Gasteiger partial charge < -0.3 is 15.1 Å². The normalized spacial score (nSPS) is 19.0. The summed E-state index contributed by atoms with van der Waals surface area (Å²) in [7, 11) is -3.78. The molecule has 3 heterocycles. The fraction of sp³-hybridized carbons (Fsp3) is 0.231. The second-order valence-electron chi connectivity index (χ2n) is 9.12. The molecule has 10 heteroatoms. The topological polar surface area (TPSA) is 100 Å². The predicted molar refractivity (Wildman–Crippen MR) is 138 cm³/mol. The molecule has 0 saturated carbocycles. The Morgan fingerprint density at radius 1 is 0.972 bits per heavy atom. The van der Waals surface area contributed by atoms with Crippen LogP contribution in [-0.4, -0.2) is 53.7 Å². The molecule has 2 aromatic carbocycles. The molecule has 2 atom stereocenters. The summed E-state index contributed by atoms with van der Waals surface area (Å²) in [5.41, 5.74) is 2.99. The van der Waals surface area contributed by atoms with E-state index in [0.29, 0.717) is 16.1 Å². The van der Waals surface area contributed by atoms with Crippen LogP contribution >= 0.6 is 11.6 Å². The second-order valence-corrected chi connectivity index (χ2v) is 11.5. The number of pyridine rings is 1. The third kappa shape index (κ3) is 4.45. The first kappa shape index (κ1) is 24.3. The summed E-state index contributed by atoms with van der Waals surface area (Å²) in [4.78, 5) is 18.1. The van der Waals surface area contributed by atoms with Crippen LogP contribution < -0.4 is 4.73 Å². The van der Waals surface area contributed by atoms with E-state index in [-0.39, 0.29) is 36.1 Å². The van der Waals surface area contributed by atoms with Gasteiger partial charge in [-0.1, -0.05) is 23.7 Å². The number of fused-ring (bicyclic) bond motifs is 1. The highest BCUT2D eigenvalue weighted by Crippen LogP contribution is 2.28. The van der Waals surface area contributed by atoms with Crippen LogP contribution in [0.15, 0.2) is 78.1 Å². The number of aromatic nitrogens is 2. The fourth-order valence-corrected chi connectivity index (χ4v) is 6.58. The van der Waals surface area contributed by atoms with E-state index in [0.717, 1.165) is 21.2 Å². The van der Waals surface area contributed by atoms with Crippen molar-refractivity contribution >= 4 is 38.4 Å². The van der Waals surface area contributed by atoms with Crippen LogP contribution in [-0.2, 0) is 10.0 Å². The molecule has 5 rings (SSSR count). The molecular formula is C26H25ClN4O4S. The molecular weight excluding hydrogens is 500 g/mol. The van der Waals surface area contributed by atoms with Gasteiger partial charge in [-0.25, -0.2) is 8.42 Å². The molecule has 2 unspecified atom stereocenters. The average molecular weight is 525 g/mol. The number of nitrogens with one attached hydrogen (secondary N) is 1. The van der Waals surface area contributed by atoms with Crippen LogP contribution in [0, 0.1) is 5.21 Å². The van der Waals surface area contributed by atoms with Crippen molar-refractivity contribution in [3.05, 3.63) is 88.9 Å². The monoisotopic (exact) mass is 524 g/mol. The maximum Gasteiger partial charge on any atom is 0.258 e. The van der Waals surface area contributed by atoms with E-state index in [2.05, 4.69) is 4.98 Å². The molecule has 4 aromatic rings. The summed E-state index contributed by atoms with van der Waals surface area (Å²) >= 11 is 6.05. The Morgan fingerprint density at radius 2 is 1.58 bits per heavy atom. The van der Waals surface area contributed by atoms with E-state index in [1.54, 1.807) is 53.4 Å². The van der Waals surface area contributed by atoms with Crippen molar-refractivity contribution in [2.75, 3.05) is 13.1 Å². The molecule has 8 nitrogen and oxygen atoms in total. The highest BCUT2D eigenvalue weighted by molar-refractivity contribution is 7.89. The lowest BCUT2D eigenvalue weighted by molar-refractivity contribution is -0.605. The van der Waals surface area contributed by atoms with Gasteiger partial charge in [-0.2, -0.15) is 9.04 Å². The summed E-state index contributed by atoms with van der Waals surface area (Å²) in [5, 5.41) is 12.6. The molecule has 36 heavy (non-hydrogen) atoms. The molecule has 1 amide bonds. The Bertz CT molecular complexity index is 1520. The van der Waals surface area contributed by atoms with Gasteiger partial charge >= 0.3 is 0 Å². The smallest absolute Gasteiger partial charge is 0.258 e. The highest BCUT2D eigenvalue weighted by atomic mass is 35.5. The third-order valence-corrected chi connectivity index (χ3v) is 8.55. The number of H-pyrrole nitrogens is 1. The number of amides is 1. The summed E-state index contributed by atoms with van der Waals surface area (Å²) in [6.45, 7) is 4.09. The van der Waals surface area contributed by atoms with Gasteiger partial charge in [0.05, 0.1) is 0 Å². The number of piperazine rings is 1. The van der Waals surface area contributed by atoms with Gasteiger partial charge in [0.25, 0.3) is 15.9 Å². The van der Waals surface area contributed by atoms with Crippen LogP contribution in [0.4, 0.5) is 0 Å². The van der Waals surface area contributed by atoms with Crippen molar-refractivity contribution in [3.8, 4) is 11.1 Å². The van der Waals surface area contributed by atoms with Crippen LogP contribution in [0.5, 0.6) is 0 Å². The first-order chi connectivity index (χ1) is 17.1. The molecule has 0 spiro atoms. The van der Waals surface area contributed by atoms with Gasteiger partial charge in [0.1, 0.15) is 5.03 Å². The van der Waals surface area contributed by atoms with Gasteiger partial charge in [-0.05, 0) is 61.4 Å². The number of nitrogens with zero attached hydrogens (tertiary/aromatic N) is 3. The lowest BCUT2D eigenvalue weighted by Crippen LogP contribution is -2.59. The molecule has 1 aliphatic heterocycles. The number of hydrogen-bond acceptors (Lipinski definition) is 4. The van der Waals surface area contributed by atoms with E-state index >= 15 is 0 Å². The van der Waals surface area contributed by atoms with Crippen molar-refractivity contribution < 1.29 is 17.9 Å². The third-order valence-electron chi connectivity index (χ3n) is 6.56. The standard InChI is InChI=1S/C26H25ClN4O4S/c1-17-15-30(36(34,35)25-14-22-13-23(27)7-8-24(22)28-25)16-18(2)31(17)26(32)21-5-3-19(4-6-21)20-9-11-29(33)12-10-20/h3-14,17-18,28H,15-16H2,1-2H3. The van der Waals surface area contributed by atoms with Gasteiger partial charge in [-0.3, -0.25) is 4.79 Å². The maximum atomic E-state index is 13.4. The quantitative estimate of drug-likeness (QED) is 0.321. The zero-order chi connectivity index (χ0) is 25.6. The van der Waals surface area contributed by atoms with E-state index in [1.807, 2.05) is 26.0 Å². The molecule has 2 aromatic heterocycles. The van der Waals surface area contributed by atoms with Gasteiger partial charge in [0, 0.05) is 58.8 Å². The average Bonchev–Trinajstić information content (AvgIpc) is 3.28. The summed E-state index contributed by atoms with van der Waals surface area (Å²) in [6.07, 6.45) is 2.85. The summed E-state index contributed by atoms with van der Waals surface area (Å²) in [5.74, 6) is -0.149. The number of carbonyl (C=O) groups excluding carboxylic acids is 1. The minimum Gasteiger partial charge on any atom is -0.619 e. The number of aromatic amines is 1. The number of halogens is 1. The van der Waals surface area contributed by atoms with Crippen molar-refractivity contribution in [2.45, 2.75) is 31.0 Å². The zero-order valence-electron chi connectivity index (χ0n) is 19.8. The summed E-state index contributed by atoms with van der Waals surface area (Å²) < 4.78 is 29.0. The number of benzene rings is 2. The number of sulfonamides is 1. The Hall–Kier alpha value is -3.40. The lowest BCUT2D eigenvalue weighted by Gasteiger charge is -2.43. The Labute approximate surface area is 214 Å². The predicted octanol–water partition coefficient (Wildman–Crippen LogP) is 4.05. The van der Waals surface area contributed by atoms with Crippen molar-refractivity contribution in [1.29, 1.82) is 0 Å². The van der Waals surface area contributed by atoms with Crippen molar-refractivity contribution in [3.63, 3.8) is 0 Å². The van der Waals surface area contributed by atoms with E-state index in [4.69, 9.17) is 11.6 Å². The van der Waals surface area contributed by atoms with Crippen LogP contribution in [0.25, 0.3) is 22.0 Å². The van der Waals surface area contributed by atoms with Gasteiger partial charge in [0.2, 0.25) is 0 Å². The first-order valence-electron chi connectivity index (χ1n) is 11.5. The van der Waals surface area contributed by atoms with Gasteiger partial charge in [0.15, 0.2) is 12.4 Å². The summed E-state index contributed by atoms with van der Waals surface area (Å²) in [6, 6.07) is 16.8. The molecule has 0 aliphatic carbocycles. The molecule has 186 valence electrons. The van der Waals surface area contributed by atoms with Crippen LogP contribution in [0.3, 0.4) is 0 Å². The first-order valence-corrected chi connectivity index (χ1v) is 13.4. The zero-order valence-corrected chi connectivity index (χ0v) is 21.3. The molecule has 1 N–H and O–H groups in total. The molecule has 1 fully saturated rings. The van der Waals surface area contributed by atoms with Gasteiger partial charge in [-0.15, -0.1) is 0 Å². The highest BCUT2D eigenvalue weighted by Gasteiger charge is 2.39. The number of carbonyl (C=O) groups is 1. The Kier molecular flexibility index (Phi) is 6.23. The van der Waals surface area contributed by atoms with Crippen LogP contribution in [0.2, 0.25) is 5.02 Å². The van der Waals surface area contributed by atoms with E-state index < -0.39 is 10.0 Å². The molecule has 0 bridgehead atoms.